The molecule has 0 atom stereocenters. The van der Waals surface area contributed by atoms with E-state index in [9.17, 15) is 0 Å². The van der Waals surface area contributed by atoms with E-state index < -0.39 is 0 Å². The molecule has 1 saturated heterocycles. The van der Waals surface area contributed by atoms with Crippen LogP contribution in [0, 0.1) is 0 Å². The van der Waals surface area contributed by atoms with E-state index in [-0.39, 0.29) is 5.60 Å². The second kappa shape index (κ2) is 5.14. The molecule has 1 aromatic carbocycles. The van der Waals surface area contributed by atoms with Crippen LogP contribution in [0.2, 0.25) is 0 Å². The van der Waals surface area contributed by atoms with Crippen molar-refractivity contribution >= 4 is 0 Å². The topological polar surface area (TPSA) is 24.5 Å². The molecule has 0 amide bonds. The van der Waals surface area contributed by atoms with Gasteiger partial charge < -0.3 is 15.0 Å². The van der Waals surface area contributed by atoms with Crippen molar-refractivity contribution in [3.8, 4) is 5.75 Å². The maximum absolute atomic E-state index is 6.31. The summed E-state index contributed by atoms with van der Waals surface area (Å²) in [7, 11) is 0. The number of ether oxygens (including phenoxy) is 1. The summed E-state index contributed by atoms with van der Waals surface area (Å²) in [5.41, 5.74) is 2.82. The van der Waals surface area contributed by atoms with Crippen molar-refractivity contribution in [3.05, 3.63) is 29.3 Å². The van der Waals surface area contributed by atoms with Crippen LogP contribution < -0.4 is 10.1 Å². The lowest BCUT2D eigenvalue weighted by molar-refractivity contribution is 0.0183. The van der Waals surface area contributed by atoms with E-state index >= 15 is 0 Å². The van der Waals surface area contributed by atoms with Crippen LogP contribution in [-0.2, 0) is 13.1 Å². The lowest BCUT2D eigenvalue weighted by Gasteiger charge is -2.39. The number of piperidine rings is 1. The number of benzene rings is 1. The molecular formula is C16H24N2O. The molecule has 1 fully saturated rings. The fourth-order valence-electron chi connectivity index (χ4n) is 3.06. The third-order valence-electron chi connectivity index (χ3n) is 4.53. The summed E-state index contributed by atoms with van der Waals surface area (Å²) in [5.74, 6) is 1.04. The quantitative estimate of drug-likeness (QED) is 0.904. The predicted octanol–water partition coefficient (Wildman–Crippen LogP) is 2.54. The first-order valence-electron chi connectivity index (χ1n) is 7.42. The molecule has 0 radical (unpaired) electrons. The Kier molecular flexibility index (Phi) is 3.50. The maximum Gasteiger partial charge on any atom is 0.120 e. The lowest BCUT2D eigenvalue weighted by Crippen LogP contribution is -2.45. The summed E-state index contributed by atoms with van der Waals surface area (Å²) in [6.45, 7) is 9.92. The summed E-state index contributed by atoms with van der Waals surface area (Å²) in [6, 6.07) is 6.55. The number of likely N-dealkylation sites (tertiary alicyclic amines) is 1. The van der Waals surface area contributed by atoms with Crippen LogP contribution in [0.5, 0.6) is 5.75 Å². The van der Waals surface area contributed by atoms with Crippen LogP contribution in [0.1, 0.15) is 37.8 Å². The molecule has 2 aliphatic heterocycles. The van der Waals surface area contributed by atoms with Crippen molar-refractivity contribution in [2.24, 2.45) is 0 Å². The first kappa shape index (κ1) is 12.9. The van der Waals surface area contributed by atoms with Crippen LogP contribution in [-0.4, -0.2) is 30.1 Å². The molecule has 0 unspecified atom stereocenters. The average Bonchev–Trinajstić information content (AvgIpc) is 2.87. The fourth-order valence-corrected chi connectivity index (χ4v) is 3.06. The number of nitrogens with one attached hydrogen (secondary N) is 1. The Labute approximate surface area is 115 Å². The van der Waals surface area contributed by atoms with Crippen LogP contribution >= 0.6 is 0 Å². The monoisotopic (exact) mass is 260 g/mol. The highest BCUT2D eigenvalue weighted by Crippen LogP contribution is 2.30. The minimum absolute atomic E-state index is 0.00589. The third kappa shape index (κ3) is 2.77. The smallest absolute Gasteiger partial charge is 0.120 e. The summed E-state index contributed by atoms with van der Waals surface area (Å²) in [4.78, 5) is 2.50. The van der Waals surface area contributed by atoms with Gasteiger partial charge >= 0.3 is 0 Å². The second-order valence-electron chi connectivity index (χ2n) is 6.02. The van der Waals surface area contributed by atoms with E-state index in [0.29, 0.717) is 0 Å². The van der Waals surface area contributed by atoms with E-state index in [1.54, 1.807) is 0 Å². The summed E-state index contributed by atoms with van der Waals surface area (Å²) in [5, 5.41) is 3.38. The summed E-state index contributed by atoms with van der Waals surface area (Å²) >= 11 is 0. The number of fused-ring (bicyclic) bond motifs is 1. The van der Waals surface area contributed by atoms with Crippen LogP contribution in [0.25, 0.3) is 0 Å². The number of nitrogens with zero attached hydrogens (tertiary/aromatic N) is 1. The zero-order valence-corrected chi connectivity index (χ0v) is 12.0. The Morgan fingerprint density at radius 1 is 1.21 bits per heavy atom. The third-order valence-corrected chi connectivity index (χ3v) is 4.53. The van der Waals surface area contributed by atoms with Gasteiger partial charge in [0, 0.05) is 26.2 Å². The molecular weight excluding hydrogens is 236 g/mol. The molecule has 19 heavy (non-hydrogen) atoms. The zero-order valence-electron chi connectivity index (χ0n) is 12.0. The largest absolute Gasteiger partial charge is 0.487 e. The van der Waals surface area contributed by atoms with Crippen LogP contribution in [0.4, 0.5) is 0 Å². The number of rotatable bonds is 3. The molecule has 0 aliphatic carbocycles. The zero-order chi connectivity index (χ0) is 13.3. The SMILES string of the molecule is CCN1CCC(C)(Oc2ccc3c(c2)CNC3)CC1. The van der Waals surface area contributed by atoms with Gasteiger partial charge in [-0.2, -0.15) is 0 Å². The molecule has 3 nitrogen and oxygen atoms in total. The van der Waals surface area contributed by atoms with Gasteiger partial charge in [0.15, 0.2) is 0 Å². The summed E-state index contributed by atoms with van der Waals surface area (Å²) < 4.78 is 6.31. The molecule has 0 bridgehead atoms. The van der Waals surface area contributed by atoms with E-state index in [0.717, 1.165) is 51.3 Å². The molecule has 2 heterocycles. The highest BCUT2D eigenvalue weighted by Gasteiger charge is 2.31. The van der Waals surface area contributed by atoms with E-state index in [1.165, 1.54) is 11.1 Å². The first-order valence-corrected chi connectivity index (χ1v) is 7.42. The van der Waals surface area contributed by atoms with Gasteiger partial charge in [0.1, 0.15) is 11.4 Å². The van der Waals surface area contributed by atoms with Gasteiger partial charge in [-0.3, -0.25) is 0 Å². The van der Waals surface area contributed by atoms with Gasteiger partial charge in [0.25, 0.3) is 0 Å². The Hall–Kier alpha value is -1.06. The van der Waals surface area contributed by atoms with E-state index in [2.05, 4.69) is 42.3 Å². The first-order chi connectivity index (χ1) is 9.18. The minimum atomic E-state index is 0.00589. The van der Waals surface area contributed by atoms with E-state index in [1.807, 2.05) is 0 Å². The molecule has 1 N–H and O–H groups in total. The molecule has 0 spiro atoms. The molecule has 3 rings (SSSR count). The van der Waals surface area contributed by atoms with Crippen LogP contribution in [0.3, 0.4) is 0 Å². The Balaban J connectivity index is 1.68. The Morgan fingerprint density at radius 2 is 1.95 bits per heavy atom. The molecule has 3 heteroatoms. The Bertz CT molecular complexity index is 450. The number of hydrogen-bond acceptors (Lipinski definition) is 3. The van der Waals surface area contributed by atoms with Gasteiger partial charge in [-0.25, -0.2) is 0 Å². The van der Waals surface area contributed by atoms with Gasteiger partial charge in [0.05, 0.1) is 0 Å². The maximum atomic E-state index is 6.31. The minimum Gasteiger partial charge on any atom is -0.487 e. The van der Waals surface area contributed by atoms with Crippen molar-refractivity contribution in [1.82, 2.24) is 10.2 Å². The highest BCUT2D eigenvalue weighted by atomic mass is 16.5. The highest BCUT2D eigenvalue weighted by molar-refractivity contribution is 5.38. The molecule has 2 aliphatic rings. The van der Waals surface area contributed by atoms with Crippen molar-refractivity contribution in [2.75, 3.05) is 19.6 Å². The second-order valence-corrected chi connectivity index (χ2v) is 6.02. The standard InChI is InChI=1S/C16H24N2O/c1-3-18-8-6-16(2,7-9-18)19-15-5-4-13-11-17-12-14(13)10-15/h4-5,10,17H,3,6-9,11-12H2,1-2H3. The normalized spacial score (nSPS) is 22.2. The lowest BCUT2D eigenvalue weighted by atomic mass is 9.93. The van der Waals surface area contributed by atoms with Gasteiger partial charge in [-0.15, -0.1) is 0 Å². The predicted molar refractivity (Wildman–Crippen MR) is 77.4 cm³/mol. The fraction of sp³-hybridized carbons (Fsp3) is 0.625. The van der Waals surface area contributed by atoms with Crippen molar-refractivity contribution in [3.63, 3.8) is 0 Å². The van der Waals surface area contributed by atoms with Gasteiger partial charge in [-0.05, 0) is 49.6 Å². The van der Waals surface area contributed by atoms with E-state index in [4.69, 9.17) is 4.74 Å². The van der Waals surface area contributed by atoms with Crippen molar-refractivity contribution < 1.29 is 4.74 Å². The Morgan fingerprint density at radius 3 is 2.68 bits per heavy atom. The molecule has 104 valence electrons. The van der Waals surface area contributed by atoms with Gasteiger partial charge in [-0.1, -0.05) is 13.0 Å². The average molecular weight is 260 g/mol. The molecule has 1 aromatic rings. The molecule has 0 saturated carbocycles. The van der Waals surface area contributed by atoms with Crippen molar-refractivity contribution in [2.45, 2.75) is 45.4 Å². The number of hydrogen-bond donors (Lipinski definition) is 1. The van der Waals surface area contributed by atoms with Crippen LogP contribution in [0.15, 0.2) is 18.2 Å². The summed E-state index contributed by atoms with van der Waals surface area (Å²) in [6.07, 6.45) is 2.24. The van der Waals surface area contributed by atoms with Crippen molar-refractivity contribution in [1.29, 1.82) is 0 Å². The molecule has 0 aromatic heterocycles. The van der Waals surface area contributed by atoms with Gasteiger partial charge in [0.2, 0.25) is 0 Å².